The van der Waals surface area contributed by atoms with E-state index in [1.54, 1.807) is 4.57 Å². The number of hydrogen-bond acceptors (Lipinski definition) is 5. The Labute approximate surface area is 258 Å². The molecule has 1 aliphatic heterocycles. The minimum Gasteiger partial charge on any atom is -0.278 e. The van der Waals surface area contributed by atoms with E-state index in [4.69, 9.17) is 19.9 Å². The van der Waals surface area contributed by atoms with Gasteiger partial charge in [-0.05, 0) is 43.7 Å². The molecule has 0 bridgehead atoms. The standard InChI is InChI=1S/C38H26N6O/c1-38(2)27-19-11-9-17-25(27)35(45)44-30-22-21-29-31(32(30)39-36(38)44)26-18-10-12-20-28(26)43(29)37-41-33(23-13-5-3-6-14-23)40-34(42-37)24-15-7-4-8-16-24/h3-22H,1-2H3. The van der Waals surface area contributed by atoms with E-state index in [-0.39, 0.29) is 5.91 Å². The Morgan fingerprint density at radius 3 is 1.87 bits per heavy atom. The van der Waals surface area contributed by atoms with Gasteiger partial charge in [0.2, 0.25) is 5.95 Å². The van der Waals surface area contributed by atoms with Crippen molar-refractivity contribution in [2.24, 2.45) is 0 Å². The Hall–Kier alpha value is -5.95. The van der Waals surface area contributed by atoms with Crippen LogP contribution in [0.3, 0.4) is 0 Å². The highest BCUT2D eigenvalue weighted by atomic mass is 16.2. The number of rotatable bonds is 3. The predicted octanol–water partition coefficient (Wildman–Crippen LogP) is 7.98. The van der Waals surface area contributed by atoms with Gasteiger partial charge in [-0.2, -0.15) is 9.97 Å². The minimum absolute atomic E-state index is 0.0528. The van der Waals surface area contributed by atoms with Crippen LogP contribution >= 0.6 is 0 Å². The molecule has 3 aromatic heterocycles. The lowest BCUT2D eigenvalue weighted by molar-refractivity contribution is 0.0948. The minimum atomic E-state index is -0.461. The first kappa shape index (κ1) is 25.5. The first-order valence-corrected chi connectivity index (χ1v) is 15.0. The molecule has 0 fully saturated rings. The monoisotopic (exact) mass is 582 g/mol. The van der Waals surface area contributed by atoms with Crippen LogP contribution in [-0.4, -0.2) is 35.0 Å². The van der Waals surface area contributed by atoms with Crippen molar-refractivity contribution in [3.8, 4) is 28.7 Å². The summed E-state index contributed by atoms with van der Waals surface area (Å²) in [6, 6.07) is 40.1. The van der Waals surface area contributed by atoms with Gasteiger partial charge in [-0.3, -0.25) is 13.9 Å². The average Bonchev–Trinajstić information content (AvgIpc) is 3.65. The molecule has 8 aromatic rings. The Morgan fingerprint density at radius 1 is 0.556 bits per heavy atom. The fourth-order valence-corrected chi connectivity index (χ4v) is 6.79. The van der Waals surface area contributed by atoms with Crippen molar-refractivity contribution < 1.29 is 4.79 Å². The lowest BCUT2D eigenvalue weighted by Gasteiger charge is -2.31. The van der Waals surface area contributed by atoms with Crippen LogP contribution < -0.4 is 0 Å². The van der Waals surface area contributed by atoms with Crippen LogP contribution in [0.25, 0.3) is 61.6 Å². The first-order valence-electron chi connectivity index (χ1n) is 15.0. The van der Waals surface area contributed by atoms with E-state index in [9.17, 15) is 4.79 Å². The molecule has 0 atom stereocenters. The summed E-state index contributed by atoms with van der Waals surface area (Å²) in [5.41, 5.74) is 6.48. The molecular formula is C38H26N6O. The van der Waals surface area contributed by atoms with E-state index < -0.39 is 5.41 Å². The summed E-state index contributed by atoms with van der Waals surface area (Å²) in [6.07, 6.45) is 0. The third kappa shape index (κ3) is 3.61. The fourth-order valence-electron chi connectivity index (χ4n) is 6.79. The smallest absolute Gasteiger partial charge is 0.264 e. The third-order valence-electron chi connectivity index (χ3n) is 8.94. The lowest BCUT2D eigenvalue weighted by Crippen LogP contribution is -2.35. The number of carbonyl (C=O) groups excluding carboxylic acids is 1. The summed E-state index contributed by atoms with van der Waals surface area (Å²) in [5, 5.41) is 1.97. The normalized spacial score (nSPS) is 13.8. The highest BCUT2D eigenvalue weighted by Gasteiger charge is 2.40. The zero-order valence-electron chi connectivity index (χ0n) is 24.6. The zero-order chi connectivity index (χ0) is 30.3. The van der Waals surface area contributed by atoms with Crippen LogP contribution in [0.2, 0.25) is 0 Å². The van der Waals surface area contributed by atoms with E-state index >= 15 is 0 Å². The SMILES string of the molecule is CC1(C)c2ccccc2C(=O)n2c1nc1c3c4ccccc4n(-c4nc(-c5ccccc5)nc(-c5ccccc5)n4)c3ccc12. The molecule has 0 amide bonds. The van der Waals surface area contributed by atoms with Crippen molar-refractivity contribution in [3.05, 3.63) is 138 Å². The van der Waals surface area contributed by atoms with E-state index in [0.717, 1.165) is 55.4 Å². The maximum absolute atomic E-state index is 13.9. The Bertz CT molecular complexity index is 2420. The van der Waals surface area contributed by atoms with Crippen LogP contribution in [0.5, 0.6) is 0 Å². The average molecular weight is 583 g/mol. The van der Waals surface area contributed by atoms with Crippen LogP contribution in [-0.2, 0) is 5.41 Å². The maximum atomic E-state index is 13.9. The highest BCUT2D eigenvalue weighted by Crippen LogP contribution is 2.43. The second kappa shape index (κ2) is 9.27. The molecule has 0 aliphatic carbocycles. The summed E-state index contributed by atoms with van der Waals surface area (Å²) in [4.78, 5) is 34.2. The second-order valence-electron chi connectivity index (χ2n) is 11.9. The van der Waals surface area contributed by atoms with Gasteiger partial charge in [-0.1, -0.05) is 97.1 Å². The van der Waals surface area contributed by atoms with Gasteiger partial charge in [0.25, 0.3) is 5.91 Å². The molecule has 45 heavy (non-hydrogen) atoms. The molecule has 1 aliphatic rings. The lowest BCUT2D eigenvalue weighted by atomic mass is 9.78. The number of fused-ring (bicyclic) bond motifs is 8. The Balaban J connectivity index is 1.36. The molecule has 5 aromatic carbocycles. The third-order valence-corrected chi connectivity index (χ3v) is 8.94. The van der Waals surface area contributed by atoms with E-state index in [1.165, 1.54) is 0 Å². The van der Waals surface area contributed by atoms with Gasteiger partial charge < -0.3 is 0 Å². The second-order valence-corrected chi connectivity index (χ2v) is 11.9. The fraction of sp³-hybridized carbons (Fsp3) is 0.0789. The number of aromatic nitrogens is 6. The largest absolute Gasteiger partial charge is 0.278 e. The Kier molecular flexibility index (Phi) is 5.26. The van der Waals surface area contributed by atoms with E-state index in [1.807, 2.05) is 103 Å². The summed E-state index contributed by atoms with van der Waals surface area (Å²) >= 11 is 0. The summed E-state index contributed by atoms with van der Waals surface area (Å²) in [6.45, 7) is 4.27. The van der Waals surface area contributed by atoms with Gasteiger partial charge in [0.1, 0.15) is 5.82 Å². The summed E-state index contributed by atoms with van der Waals surface area (Å²) in [5.74, 6) is 2.38. The zero-order valence-corrected chi connectivity index (χ0v) is 24.6. The molecule has 7 nitrogen and oxygen atoms in total. The molecule has 0 saturated carbocycles. The van der Waals surface area contributed by atoms with Gasteiger partial charge in [0.05, 0.1) is 22.1 Å². The van der Waals surface area contributed by atoms with Crippen LogP contribution in [0.15, 0.2) is 121 Å². The number of para-hydroxylation sites is 1. The number of imidazole rings is 1. The molecule has 4 heterocycles. The van der Waals surface area contributed by atoms with E-state index in [2.05, 4.69) is 36.6 Å². The quantitative estimate of drug-likeness (QED) is 0.211. The van der Waals surface area contributed by atoms with E-state index in [0.29, 0.717) is 23.2 Å². The van der Waals surface area contributed by atoms with Crippen molar-refractivity contribution in [1.29, 1.82) is 0 Å². The van der Waals surface area contributed by atoms with Crippen molar-refractivity contribution in [3.63, 3.8) is 0 Å². The van der Waals surface area contributed by atoms with Gasteiger partial charge in [-0.15, -0.1) is 0 Å². The number of hydrogen-bond donors (Lipinski definition) is 0. The van der Waals surface area contributed by atoms with Crippen molar-refractivity contribution >= 4 is 38.7 Å². The predicted molar refractivity (Wildman–Crippen MR) is 177 cm³/mol. The molecule has 7 heteroatoms. The number of carbonyl (C=O) groups is 1. The molecule has 0 spiro atoms. The van der Waals surface area contributed by atoms with Crippen molar-refractivity contribution in [2.75, 3.05) is 0 Å². The van der Waals surface area contributed by atoms with Crippen LogP contribution in [0.1, 0.15) is 35.6 Å². The topological polar surface area (TPSA) is 78.5 Å². The van der Waals surface area contributed by atoms with Crippen LogP contribution in [0, 0.1) is 0 Å². The van der Waals surface area contributed by atoms with Crippen LogP contribution in [0.4, 0.5) is 0 Å². The number of nitrogens with zero attached hydrogens (tertiary/aromatic N) is 6. The maximum Gasteiger partial charge on any atom is 0.264 e. The number of benzene rings is 5. The van der Waals surface area contributed by atoms with Gasteiger partial charge in [0.15, 0.2) is 11.6 Å². The van der Waals surface area contributed by atoms with Gasteiger partial charge >= 0.3 is 0 Å². The highest BCUT2D eigenvalue weighted by molar-refractivity contribution is 6.21. The first-order chi connectivity index (χ1) is 22.0. The molecule has 0 saturated heterocycles. The van der Waals surface area contributed by atoms with Crippen molar-refractivity contribution in [1.82, 2.24) is 29.1 Å². The molecule has 0 unspecified atom stereocenters. The molecule has 0 N–H and O–H groups in total. The molecule has 214 valence electrons. The summed E-state index contributed by atoms with van der Waals surface area (Å²) in [7, 11) is 0. The van der Waals surface area contributed by atoms with Gasteiger partial charge in [-0.25, -0.2) is 9.97 Å². The van der Waals surface area contributed by atoms with Crippen molar-refractivity contribution in [2.45, 2.75) is 19.3 Å². The summed E-state index contributed by atoms with van der Waals surface area (Å²) < 4.78 is 3.89. The molecule has 9 rings (SSSR count). The molecular weight excluding hydrogens is 556 g/mol. The van der Waals surface area contributed by atoms with Gasteiger partial charge in [0, 0.05) is 32.9 Å². The molecule has 0 radical (unpaired) electrons. The Morgan fingerprint density at radius 2 is 1.16 bits per heavy atom.